The standard InChI is InChI=1S/C25H28N2O7/c1-31-18-5-2-16(3-6-18)19-13-27(25(30)26-8-10-32-11-9-26)14-20(23(19)24(28)29)17-4-7-21-22(12-17)34-15-33-21/h2-7,12,19-20,23H,8-11,13-15H2,1H3,(H,28,29). The number of aliphatic carboxylic acids is 1. The van der Waals surface area contributed by atoms with Crippen LogP contribution in [-0.2, 0) is 9.53 Å². The Hall–Kier alpha value is -3.46. The van der Waals surface area contributed by atoms with E-state index in [1.54, 1.807) is 16.9 Å². The molecule has 3 unspecified atom stereocenters. The van der Waals surface area contributed by atoms with Crippen LogP contribution in [0.15, 0.2) is 42.5 Å². The molecule has 9 heteroatoms. The van der Waals surface area contributed by atoms with E-state index in [0.29, 0.717) is 56.6 Å². The summed E-state index contributed by atoms with van der Waals surface area (Å²) >= 11 is 0. The van der Waals surface area contributed by atoms with Gasteiger partial charge in [0.2, 0.25) is 6.79 Å². The number of ether oxygens (including phenoxy) is 4. The van der Waals surface area contributed by atoms with E-state index in [9.17, 15) is 14.7 Å². The van der Waals surface area contributed by atoms with Crippen molar-refractivity contribution in [2.75, 3.05) is 53.3 Å². The first kappa shape index (κ1) is 22.3. The molecule has 180 valence electrons. The minimum absolute atomic E-state index is 0.0867. The second-order valence-corrected chi connectivity index (χ2v) is 8.75. The van der Waals surface area contributed by atoms with Gasteiger partial charge in [-0.15, -0.1) is 0 Å². The van der Waals surface area contributed by atoms with Crippen LogP contribution in [0.4, 0.5) is 4.79 Å². The summed E-state index contributed by atoms with van der Waals surface area (Å²) in [7, 11) is 1.59. The van der Waals surface area contributed by atoms with Crippen LogP contribution in [0, 0.1) is 5.92 Å². The Morgan fingerprint density at radius 2 is 1.56 bits per heavy atom. The van der Waals surface area contributed by atoms with Crippen LogP contribution in [0.2, 0.25) is 0 Å². The first-order chi connectivity index (χ1) is 16.5. The number of urea groups is 1. The van der Waals surface area contributed by atoms with Crippen molar-refractivity contribution in [2.24, 2.45) is 5.92 Å². The van der Waals surface area contributed by atoms with Gasteiger partial charge in [0.05, 0.1) is 26.2 Å². The number of hydrogen-bond acceptors (Lipinski definition) is 6. The van der Waals surface area contributed by atoms with Gasteiger partial charge in [-0.3, -0.25) is 4.79 Å². The normalized spacial score (nSPS) is 24.1. The molecule has 0 saturated carbocycles. The fourth-order valence-electron chi connectivity index (χ4n) is 5.13. The maximum atomic E-state index is 13.5. The molecular weight excluding hydrogens is 440 g/mol. The molecule has 2 fully saturated rings. The highest BCUT2D eigenvalue weighted by molar-refractivity contribution is 5.77. The summed E-state index contributed by atoms with van der Waals surface area (Å²) in [6.07, 6.45) is 0. The van der Waals surface area contributed by atoms with Gasteiger partial charge >= 0.3 is 12.0 Å². The van der Waals surface area contributed by atoms with E-state index >= 15 is 0 Å². The molecule has 3 aliphatic heterocycles. The minimum Gasteiger partial charge on any atom is -0.497 e. The predicted octanol–water partition coefficient (Wildman–Crippen LogP) is 2.76. The Kier molecular flexibility index (Phi) is 6.19. The number of methoxy groups -OCH3 is 1. The van der Waals surface area contributed by atoms with Crippen molar-refractivity contribution in [3.63, 3.8) is 0 Å². The van der Waals surface area contributed by atoms with Gasteiger partial charge in [-0.1, -0.05) is 18.2 Å². The molecule has 5 rings (SSSR count). The van der Waals surface area contributed by atoms with Gasteiger partial charge in [0, 0.05) is 38.0 Å². The Morgan fingerprint density at radius 1 is 0.912 bits per heavy atom. The van der Waals surface area contributed by atoms with Gasteiger partial charge < -0.3 is 33.9 Å². The number of morpholine rings is 1. The van der Waals surface area contributed by atoms with Crippen molar-refractivity contribution >= 4 is 12.0 Å². The van der Waals surface area contributed by atoms with Gasteiger partial charge in [0.25, 0.3) is 0 Å². The molecule has 9 nitrogen and oxygen atoms in total. The molecule has 3 heterocycles. The van der Waals surface area contributed by atoms with Crippen LogP contribution in [0.1, 0.15) is 23.0 Å². The summed E-state index contributed by atoms with van der Waals surface area (Å²) in [6, 6.07) is 12.9. The van der Waals surface area contributed by atoms with E-state index in [4.69, 9.17) is 18.9 Å². The number of likely N-dealkylation sites (tertiary alicyclic amines) is 1. The van der Waals surface area contributed by atoms with E-state index in [-0.39, 0.29) is 12.8 Å². The van der Waals surface area contributed by atoms with Crippen LogP contribution in [0.25, 0.3) is 0 Å². The van der Waals surface area contributed by atoms with E-state index < -0.39 is 23.7 Å². The number of carbonyl (C=O) groups excluding carboxylic acids is 1. The van der Waals surface area contributed by atoms with Crippen LogP contribution in [-0.4, -0.2) is 80.2 Å². The largest absolute Gasteiger partial charge is 0.497 e. The molecule has 0 bridgehead atoms. The van der Waals surface area contributed by atoms with Crippen molar-refractivity contribution in [3.05, 3.63) is 53.6 Å². The lowest BCUT2D eigenvalue weighted by atomic mass is 9.71. The number of carboxylic acid groups (broad SMARTS) is 1. The maximum absolute atomic E-state index is 13.5. The quantitative estimate of drug-likeness (QED) is 0.737. The topological polar surface area (TPSA) is 97.8 Å². The molecule has 2 aromatic carbocycles. The molecule has 3 atom stereocenters. The van der Waals surface area contributed by atoms with Crippen molar-refractivity contribution in [1.82, 2.24) is 9.80 Å². The predicted molar refractivity (Wildman–Crippen MR) is 122 cm³/mol. The molecule has 2 saturated heterocycles. The zero-order valence-electron chi connectivity index (χ0n) is 19.0. The smallest absolute Gasteiger partial charge is 0.320 e. The first-order valence-corrected chi connectivity index (χ1v) is 11.4. The van der Waals surface area contributed by atoms with Crippen LogP contribution >= 0.6 is 0 Å². The van der Waals surface area contributed by atoms with Crippen LogP contribution < -0.4 is 14.2 Å². The number of hydrogen-bond donors (Lipinski definition) is 1. The third kappa shape index (κ3) is 4.23. The minimum atomic E-state index is -0.887. The van der Waals surface area contributed by atoms with Gasteiger partial charge in [-0.05, 0) is 35.4 Å². The van der Waals surface area contributed by atoms with Crippen LogP contribution in [0.3, 0.4) is 0 Å². The zero-order valence-corrected chi connectivity index (χ0v) is 19.0. The van der Waals surface area contributed by atoms with Gasteiger partial charge in [0.1, 0.15) is 5.75 Å². The SMILES string of the molecule is COc1ccc(C2CN(C(=O)N3CCOCC3)CC(c3ccc4c(c3)OCO4)C2C(=O)O)cc1. The molecule has 0 radical (unpaired) electrons. The number of amides is 2. The summed E-state index contributed by atoms with van der Waals surface area (Å²) in [6.45, 7) is 2.83. The van der Waals surface area contributed by atoms with Crippen molar-refractivity contribution < 1.29 is 33.6 Å². The molecule has 0 aliphatic carbocycles. The number of piperidine rings is 1. The lowest BCUT2D eigenvalue weighted by Gasteiger charge is -2.44. The summed E-state index contributed by atoms with van der Waals surface area (Å²) in [4.78, 5) is 29.7. The summed E-state index contributed by atoms with van der Waals surface area (Å²) < 4.78 is 21.7. The fraction of sp³-hybridized carbons (Fsp3) is 0.440. The van der Waals surface area contributed by atoms with E-state index in [0.717, 1.165) is 11.1 Å². The van der Waals surface area contributed by atoms with E-state index in [1.807, 2.05) is 42.5 Å². The molecule has 3 aliphatic rings. The van der Waals surface area contributed by atoms with Crippen molar-refractivity contribution in [3.8, 4) is 17.2 Å². The Morgan fingerprint density at radius 3 is 2.24 bits per heavy atom. The fourth-order valence-corrected chi connectivity index (χ4v) is 5.13. The number of carboxylic acids is 1. The third-order valence-corrected chi connectivity index (χ3v) is 6.91. The second kappa shape index (κ2) is 9.42. The highest BCUT2D eigenvalue weighted by Crippen LogP contribution is 2.44. The Balaban J connectivity index is 1.52. The number of benzene rings is 2. The summed E-state index contributed by atoms with van der Waals surface area (Å²) in [5.74, 6) is -0.487. The lowest BCUT2D eigenvalue weighted by Crippen LogP contribution is -2.54. The highest BCUT2D eigenvalue weighted by atomic mass is 16.7. The number of nitrogens with zero attached hydrogens (tertiary/aromatic N) is 2. The monoisotopic (exact) mass is 468 g/mol. The molecule has 34 heavy (non-hydrogen) atoms. The van der Waals surface area contributed by atoms with Gasteiger partial charge in [-0.2, -0.15) is 0 Å². The molecule has 1 N–H and O–H groups in total. The van der Waals surface area contributed by atoms with Crippen molar-refractivity contribution in [2.45, 2.75) is 11.8 Å². The summed E-state index contributed by atoms with van der Waals surface area (Å²) in [5.41, 5.74) is 1.67. The Labute approximate surface area is 197 Å². The average Bonchev–Trinajstić information content (AvgIpc) is 3.36. The Bertz CT molecular complexity index is 1050. The van der Waals surface area contributed by atoms with E-state index in [2.05, 4.69) is 0 Å². The maximum Gasteiger partial charge on any atom is 0.320 e. The molecule has 0 spiro atoms. The number of carbonyl (C=O) groups is 2. The lowest BCUT2D eigenvalue weighted by molar-refractivity contribution is -0.145. The van der Waals surface area contributed by atoms with Gasteiger partial charge in [-0.25, -0.2) is 4.79 Å². The first-order valence-electron chi connectivity index (χ1n) is 11.4. The molecule has 0 aromatic heterocycles. The number of rotatable bonds is 4. The van der Waals surface area contributed by atoms with Crippen molar-refractivity contribution in [1.29, 1.82) is 0 Å². The zero-order chi connectivity index (χ0) is 23.7. The molecule has 2 amide bonds. The third-order valence-electron chi connectivity index (χ3n) is 6.91. The summed E-state index contributed by atoms with van der Waals surface area (Å²) in [5, 5.41) is 10.4. The van der Waals surface area contributed by atoms with E-state index in [1.165, 1.54) is 0 Å². The average molecular weight is 469 g/mol. The second-order valence-electron chi connectivity index (χ2n) is 8.75. The van der Waals surface area contributed by atoms with Gasteiger partial charge in [0.15, 0.2) is 11.5 Å². The molecular formula is C25H28N2O7. The molecule has 2 aromatic rings. The van der Waals surface area contributed by atoms with Crippen LogP contribution in [0.5, 0.6) is 17.2 Å². The highest BCUT2D eigenvalue weighted by Gasteiger charge is 2.45. The number of fused-ring (bicyclic) bond motifs is 1.